The zero-order valence-electron chi connectivity index (χ0n) is 17.7. The summed E-state index contributed by atoms with van der Waals surface area (Å²) < 4.78 is 33.1. The smallest absolute Gasteiger partial charge is 0.269 e. The van der Waals surface area contributed by atoms with Crippen LogP contribution in [0.15, 0.2) is 71.6 Å². The molecule has 3 aromatic rings. The number of nitrogens with one attached hydrogen (secondary N) is 1. The van der Waals surface area contributed by atoms with E-state index >= 15 is 0 Å². The Kier molecular flexibility index (Phi) is 6.01. The number of sulfonamides is 1. The molecule has 1 amide bonds. The largest absolute Gasteiger partial charge is 0.497 e. The molecule has 3 aromatic carbocycles. The number of rotatable bonds is 6. The van der Waals surface area contributed by atoms with Gasteiger partial charge >= 0.3 is 0 Å². The van der Waals surface area contributed by atoms with E-state index in [-0.39, 0.29) is 16.1 Å². The van der Waals surface area contributed by atoms with E-state index in [2.05, 4.69) is 5.32 Å². The first-order valence-electron chi connectivity index (χ1n) is 10.1. The number of non-ortho nitro benzene ring substituents is 1. The van der Waals surface area contributed by atoms with Crippen LogP contribution in [0.2, 0.25) is 0 Å². The molecule has 0 saturated carbocycles. The lowest BCUT2D eigenvalue weighted by molar-refractivity contribution is -0.384. The SMILES string of the molecule is COc1ccc(S(=O)(=O)N2CCCc3ccc(NC(=O)c4ccc([N+](=O)[O-])cc4)cc32)cc1. The number of nitro benzene ring substituents is 1. The molecule has 9 nitrogen and oxygen atoms in total. The number of carbonyl (C=O) groups is 1. The number of anilines is 2. The molecule has 0 radical (unpaired) electrons. The van der Waals surface area contributed by atoms with E-state index in [0.29, 0.717) is 30.1 Å². The topological polar surface area (TPSA) is 119 Å². The predicted molar refractivity (Wildman–Crippen MR) is 123 cm³/mol. The lowest BCUT2D eigenvalue weighted by Crippen LogP contribution is -2.35. The van der Waals surface area contributed by atoms with Gasteiger partial charge in [-0.15, -0.1) is 0 Å². The monoisotopic (exact) mass is 467 g/mol. The second kappa shape index (κ2) is 8.91. The fraction of sp³-hybridized carbons (Fsp3) is 0.174. The fourth-order valence-corrected chi connectivity index (χ4v) is 5.21. The molecule has 1 aliphatic rings. The maximum Gasteiger partial charge on any atom is 0.269 e. The average Bonchev–Trinajstić information content (AvgIpc) is 2.83. The number of ether oxygens (including phenoxy) is 1. The van der Waals surface area contributed by atoms with Crippen LogP contribution in [0.3, 0.4) is 0 Å². The molecule has 1 aliphatic heterocycles. The second-order valence-electron chi connectivity index (χ2n) is 7.46. The van der Waals surface area contributed by atoms with Gasteiger partial charge in [-0.2, -0.15) is 0 Å². The van der Waals surface area contributed by atoms with Crippen LogP contribution in [-0.2, 0) is 16.4 Å². The van der Waals surface area contributed by atoms with Crippen LogP contribution in [0.1, 0.15) is 22.3 Å². The number of nitrogens with zero attached hydrogens (tertiary/aromatic N) is 2. The van der Waals surface area contributed by atoms with E-state index in [9.17, 15) is 23.3 Å². The molecular formula is C23H21N3O6S. The van der Waals surface area contributed by atoms with Gasteiger partial charge < -0.3 is 10.1 Å². The molecule has 0 fully saturated rings. The van der Waals surface area contributed by atoms with E-state index in [4.69, 9.17) is 4.74 Å². The van der Waals surface area contributed by atoms with Gasteiger partial charge in [0.25, 0.3) is 21.6 Å². The zero-order chi connectivity index (χ0) is 23.6. The highest BCUT2D eigenvalue weighted by atomic mass is 32.2. The van der Waals surface area contributed by atoms with Gasteiger partial charge in [0, 0.05) is 29.9 Å². The lowest BCUT2D eigenvalue weighted by Gasteiger charge is -2.31. The number of aryl methyl sites for hydroxylation is 1. The summed E-state index contributed by atoms with van der Waals surface area (Å²) in [5.41, 5.74) is 1.94. The Balaban J connectivity index is 1.61. The minimum atomic E-state index is -3.81. The van der Waals surface area contributed by atoms with Crippen molar-refractivity contribution in [1.29, 1.82) is 0 Å². The molecule has 33 heavy (non-hydrogen) atoms. The van der Waals surface area contributed by atoms with Gasteiger partial charge in [-0.1, -0.05) is 6.07 Å². The Morgan fingerprint density at radius 1 is 1.06 bits per heavy atom. The summed E-state index contributed by atoms with van der Waals surface area (Å²) in [6.07, 6.45) is 1.40. The highest BCUT2D eigenvalue weighted by molar-refractivity contribution is 7.92. The van der Waals surface area contributed by atoms with Gasteiger partial charge in [-0.05, 0) is 66.9 Å². The summed E-state index contributed by atoms with van der Waals surface area (Å²) >= 11 is 0. The number of fused-ring (bicyclic) bond motifs is 1. The maximum absolute atomic E-state index is 13.3. The third kappa shape index (κ3) is 4.51. The molecule has 0 aromatic heterocycles. The van der Waals surface area contributed by atoms with Crippen LogP contribution < -0.4 is 14.4 Å². The van der Waals surface area contributed by atoms with Gasteiger partial charge in [0.15, 0.2) is 0 Å². The van der Waals surface area contributed by atoms with E-state index in [0.717, 1.165) is 12.0 Å². The van der Waals surface area contributed by atoms with Crippen molar-refractivity contribution >= 4 is 33.0 Å². The second-order valence-corrected chi connectivity index (χ2v) is 9.32. The average molecular weight is 468 g/mol. The van der Waals surface area contributed by atoms with Gasteiger partial charge in [0.05, 0.1) is 22.6 Å². The highest BCUT2D eigenvalue weighted by Gasteiger charge is 2.29. The van der Waals surface area contributed by atoms with Crippen LogP contribution in [0, 0.1) is 10.1 Å². The molecule has 0 bridgehead atoms. The molecule has 10 heteroatoms. The number of benzene rings is 3. The van der Waals surface area contributed by atoms with Gasteiger partial charge in [-0.25, -0.2) is 8.42 Å². The van der Waals surface area contributed by atoms with Crippen molar-refractivity contribution in [2.24, 2.45) is 0 Å². The van der Waals surface area contributed by atoms with Crippen LogP contribution in [0.5, 0.6) is 5.75 Å². The molecule has 0 spiro atoms. The first-order chi connectivity index (χ1) is 15.8. The van der Waals surface area contributed by atoms with Crippen LogP contribution in [0.25, 0.3) is 0 Å². The fourth-order valence-electron chi connectivity index (χ4n) is 3.68. The van der Waals surface area contributed by atoms with Crippen molar-refractivity contribution in [2.75, 3.05) is 23.3 Å². The molecular weight excluding hydrogens is 446 g/mol. The van der Waals surface area contributed by atoms with Crippen LogP contribution in [0.4, 0.5) is 17.1 Å². The quantitative estimate of drug-likeness (QED) is 0.432. The van der Waals surface area contributed by atoms with E-state index in [1.165, 1.54) is 47.8 Å². The molecule has 1 heterocycles. The summed E-state index contributed by atoms with van der Waals surface area (Å²) in [5, 5.41) is 13.5. The highest BCUT2D eigenvalue weighted by Crippen LogP contribution is 2.34. The standard InChI is InChI=1S/C23H21N3O6S/c1-32-20-10-12-21(13-11-20)33(30,31)25-14-2-3-16-4-7-18(15-22(16)25)24-23(27)17-5-8-19(9-6-17)26(28)29/h4-13,15H,2-3,14H2,1H3,(H,24,27). The van der Waals surface area contributed by atoms with Gasteiger partial charge in [0.2, 0.25) is 0 Å². The Morgan fingerprint density at radius 3 is 2.39 bits per heavy atom. The Morgan fingerprint density at radius 2 is 1.76 bits per heavy atom. The predicted octanol–water partition coefficient (Wildman–Crippen LogP) is 4.00. The number of hydrogen-bond donors (Lipinski definition) is 1. The molecule has 0 atom stereocenters. The molecule has 0 aliphatic carbocycles. The first-order valence-corrected chi connectivity index (χ1v) is 11.6. The number of nitro groups is 1. The molecule has 0 unspecified atom stereocenters. The Labute approximate surface area is 190 Å². The Hall–Kier alpha value is -3.92. The van der Waals surface area contributed by atoms with Crippen molar-refractivity contribution in [3.8, 4) is 5.75 Å². The van der Waals surface area contributed by atoms with E-state index in [1.54, 1.807) is 30.3 Å². The summed E-state index contributed by atoms with van der Waals surface area (Å²) in [7, 11) is -2.30. The third-order valence-corrected chi connectivity index (χ3v) is 7.23. The summed E-state index contributed by atoms with van der Waals surface area (Å²) in [4.78, 5) is 23.0. The van der Waals surface area contributed by atoms with E-state index < -0.39 is 20.9 Å². The molecule has 0 saturated heterocycles. The lowest BCUT2D eigenvalue weighted by atomic mass is 10.0. The van der Waals surface area contributed by atoms with Crippen LogP contribution >= 0.6 is 0 Å². The van der Waals surface area contributed by atoms with E-state index in [1.807, 2.05) is 0 Å². The number of carbonyl (C=O) groups excluding carboxylic acids is 1. The maximum atomic E-state index is 13.3. The summed E-state index contributed by atoms with van der Waals surface area (Å²) in [5.74, 6) is 0.106. The van der Waals surface area contributed by atoms with Crippen molar-refractivity contribution in [3.63, 3.8) is 0 Å². The van der Waals surface area contributed by atoms with Crippen molar-refractivity contribution < 1.29 is 22.9 Å². The van der Waals surface area contributed by atoms with Crippen molar-refractivity contribution in [2.45, 2.75) is 17.7 Å². The molecule has 4 rings (SSSR count). The summed E-state index contributed by atoms with van der Waals surface area (Å²) in [6, 6.07) is 16.6. The molecule has 170 valence electrons. The first kappa shape index (κ1) is 22.3. The number of amides is 1. The van der Waals surface area contributed by atoms with Gasteiger partial charge in [-0.3, -0.25) is 19.2 Å². The number of methoxy groups -OCH3 is 1. The third-order valence-electron chi connectivity index (χ3n) is 5.41. The van der Waals surface area contributed by atoms with Gasteiger partial charge in [0.1, 0.15) is 5.75 Å². The minimum absolute atomic E-state index is 0.111. The van der Waals surface area contributed by atoms with Crippen molar-refractivity contribution in [1.82, 2.24) is 0 Å². The zero-order valence-corrected chi connectivity index (χ0v) is 18.5. The Bertz CT molecular complexity index is 1310. The number of hydrogen-bond acceptors (Lipinski definition) is 6. The minimum Gasteiger partial charge on any atom is -0.497 e. The molecule has 1 N–H and O–H groups in total. The normalized spacial score (nSPS) is 13.2. The summed E-state index contributed by atoms with van der Waals surface area (Å²) in [6.45, 7) is 0.321. The van der Waals surface area contributed by atoms with Crippen molar-refractivity contribution in [3.05, 3.63) is 88.0 Å². The van der Waals surface area contributed by atoms with Crippen LogP contribution in [-0.4, -0.2) is 32.9 Å².